The molecule has 0 bridgehead atoms. The highest BCUT2D eigenvalue weighted by Crippen LogP contribution is 2.60. The number of hydrogen-bond acceptors (Lipinski definition) is 15. The Kier molecular flexibility index (Phi) is 6.98. The number of anilines is 1. The van der Waals surface area contributed by atoms with Gasteiger partial charge >= 0.3 is 15.6 Å². The SMILES string of the molecule is Nc1ncnc2c1ncn2C1C[C@@H]2OP(=O)(O)OCC(O)[C@H]([C@@]3(F)CC3n3cnc4c(=O)[nH]cnc43)OP(=O)(O)OCC2O1. The van der Waals surface area contributed by atoms with Gasteiger partial charge in [0.25, 0.3) is 5.56 Å². The Hall–Kier alpha value is -3.23. The van der Waals surface area contributed by atoms with Crippen LogP contribution in [0.4, 0.5) is 10.2 Å². The van der Waals surface area contributed by atoms with Crippen LogP contribution in [0.3, 0.4) is 0 Å². The van der Waals surface area contributed by atoms with Crippen LogP contribution in [0.2, 0.25) is 0 Å². The number of aromatic amines is 1. The lowest BCUT2D eigenvalue weighted by atomic mass is 10.1. The van der Waals surface area contributed by atoms with Gasteiger partial charge in [0, 0.05) is 12.8 Å². The Bertz CT molecular complexity index is 1910. The molecule has 3 aliphatic rings. The van der Waals surface area contributed by atoms with Gasteiger partial charge in [-0.3, -0.25) is 27.5 Å². The van der Waals surface area contributed by atoms with Gasteiger partial charge in [-0.25, -0.2) is 38.4 Å². The summed E-state index contributed by atoms with van der Waals surface area (Å²) in [6.45, 7) is -1.76. The van der Waals surface area contributed by atoms with Crippen molar-refractivity contribution in [3.8, 4) is 0 Å². The number of rotatable bonds is 3. The number of H-pyrrole nitrogens is 1. The number of ether oxygens (including phenoxy) is 1. The lowest BCUT2D eigenvalue weighted by Crippen LogP contribution is -2.43. The first kappa shape index (κ1) is 29.5. The van der Waals surface area contributed by atoms with Gasteiger partial charge in [-0.1, -0.05) is 0 Å². The molecule has 1 aliphatic carbocycles. The van der Waals surface area contributed by atoms with E-state index < -0.39 is 76.8 Å². The number of fused-ring (bicyclic) bond motifs is 3. The topological polar surface area (TPSA) is 274 Å². The third kappa shape index (κ3) is 5.14. The van der Waals surface area contributed by atoms with Crippen LogP contribution in [0, 0.1) is 0 Å². The number of halogens is 1. The summed E-state index contributed by atoms with van der Waals surface area (Å²) in [5.74, 6) is 0.104. The average molecular weight is 659 g/mol. The molecule has 236 valence electrons. The van der Waals surface area contributed by atoms with Crippen LogP contribution < -0.4 is 11.3 Å². The van der Waals surface area contributed by atoms with Crippen molar-refractivity contribution >= 4 is 43.8 Å². The van der Waals surface area contributed by atoms with Crippen molar-refractivity contribution < 1.29 is 51.2 Å². The molecule has 7 rings (SSSR count). The first-order chi connectivity index (χ1) is 20.9. The van der Waals surface area contributed by atoms with Gasteiger partial charge in [0.2, 0.25) is 0 Å². The van der Waals surface area contributed by atoms with Crippen molar-refractivity contribution in [2.75, 3.05) is 18.9 Å². The van der Waals surface area contributed by atoms with E-state index in [0.29, 0.717) is 0 Å². The van der Waals surface area contributed by atoms with Crippen LogP contribution in [-0.2, 0) is 32.0 Å². The highest BCUT2D eigenvalue weighted by atomic mass is 31.2. The fraction of sp³-hybridized carbons (Fsp3) is 0.524. The molecule has 0 amide bonds. The number of nitrogen functional groups attached to an aromatic ring is 1. The monoisotopic (exact) mass is 659 g/mol. The predicted octanol–water partition coefficient (Wildman–Crippen LogP) is -0.139. The molecule has 6 unspecified atom stereocenters. The van der Waals surface area contributed by atoms with Crippen LogP contribution in [0.1, 0.15) is 25.1 Å². The molecule has 4 aromatic heterocycles. The third-order valence-corrected chi connectivity index (χ3v) is 9.61. The van der Waals surface area contributed by atoms with Crippen molar-refractivity contribution in [1.82, 2.24) is 39.0 Å². The zero-order valence-electron chi connectivity index (χ0n) is 22.2. The number of nitrogens with one attached hydrogen (secondary N) is 1. The van der Waals surface area contributed by atoms with Crippen molar-refractivity contribution in [3.63, 3.8) is 0 Å². The van der Waals surface area contributed by atoms with Gasteiger partial charge in [-0.2, -0.15) is 0 Å². The van der Waals surface area contributed by atoms with Gasteiger partial charge < -0.3 is 34.9 Å². The van der Waals surface area contributed by atoms with E-state index in [-0.39, 0.29) is 41.0 Å². The molecule has 20 nitrogen and oxygen atoms in total. The van der Waals surface area contributed by atoms with Crippen LogP contribution >= 0.6 is 15.6 Å². The molecular weight excluding hydrogens is 635 g/mol. The van der Waals surface area contributed by atoms with Crippen LogP contribution in [-0.4, -0.2) is 97.2 Å². The summed E-state index contributed by atoms with van der Waals surface area (Å²) in [6.07, 6.45) is -3.21. The summed E-state index contributed by atoms with van der Waals surface area (Å²) in [6, 6.07) is -1.15. The zero-order valence-corrected chi connectivity index (χ0v) is 24.0. The molecule has 0 aromatic carbocycles. The normalized spacial score (nSPS) is 38.3. The summed E-state index contributed by atoms with van der Waals surface area (Å²) >= 11 is 0. The maximum atomic E-state index is 16.3. The lowest BCUT2D eigenvalue weighted by molar-refractivity contribution is -0.0829. The molecule has 4 aromatic rings. The molecule has 1 saturated carbocycles. The largest absolute Gasteiger partial charge is 0.472 e. The number of nitrogens with zero attached hydrogens (tertiary/aromatic N) is 7. The number of aliphatic hydroxyl groups excluding tert-OH is 1. The standard InChI is InChI=1S/C21H24FN9O11P2/c22-21(2-12(21)30-7-29-15-19(30)26-6-27-20(15)33)16-9(32)3-38-43(34,35)41-10-1-13(40-11(10)4-39-44(36,37)42-16)31-8-28-14-17(23)24-5-25-18(14)31/h5-13,16,32H,1-4H2,(H,34,35)(H,36,37)(H2,23,24,25)(H,26,27,33)/t9?,10-,11?,12?,13?,16+,21+/m0/s1. The van der Waals surface area contributed by atoms with E-state index in [1.807, 2.05) is 0 Å². The van der Waals surface area contributed by atoms with E-state index in [1.54, 1.807) is 0 Å². The second-order valence-electron chi connectivity index (χ2n) is 10.4. The summed E-state index contributed by atoms with van der Waals surface area (Å²) in [5.41, 5.74) is 3.21. The Morgan fingerprint density at radius 3 is 2.50 bits per heavy atom. The van der Waals surface area contributed by atoms with Gasteiger partial charge in [0.05, 0.1) is 38.2 Å². The highest BCUT2D eigenvalue weighted by molar-refractivity contribution is 7.47. The summed E-state index contributed by atoms with van der Waals surface area (Å²) in [5, 5.41) is 10.8. The van der Waals surface area contributed by atoms with E-state index in [4.69, 9.17) is 28.6 Å². The number of nitrogens with two attached hydrogens (primary N) is 1. The maximum Gasteiger partial charge on any atom is 0.472 e. The number of alkyl halides is 1. The zero-order chi connectivity index (χ0) is 31.0. The summed E-state index contributed by atoms with van der Waals surface area (Å²) in [4.78, 5) is 55.5. The molecule has 0 radical (unpaired) electrons. The lowest BCUT2D eigenvalue weighted by Gasteiger charge is -2.30. The Morgan fingerprint density at radius 2 is 1.68 bits per heavy atom. The van der Waals surface area contributed by atoms with Crippen molar-refractivity contribution in [1.29, 1.82) is 0 Å². The fourth-order valence-electron chi connectivity index (χ4n) is 5.46. The summed E-state index contributed by atoms with van der Waals surface area (Å²) < 4.78 is 71.4. The van der Waals surface area contributed by atoms with Crippen molar-refractivity contribution in [2.45, 2.75) is 55.2 Å². The minimum absolute atomic E-state index is 0.0210. The first-order valence-corrected chi connectivity index (χ1v) is 16.0. The van der Waals surface area contributed by atoms with Crippen molar-refractivity contribution in [3.05, 3.63) is 35.7 Å². The minimum atomic E-state index is -5.13. The molecule has 2 saturated heterocycles. The molecule has 0 spiro atoms. The average Bonchev–Trinajstić information content (AvgIpc) is 3.35. The number of aromatic nitrogens is 8. The molecule has 23 heteroatoms. The van der Waals surface area contributed by atoms with E-state index in [0.717, 1.165) is 12.7 Å². The molecule has 3 fully saturated rings. The molecule has 6 heterocycles. The van der Waals surface area contributed by atoms with Gasteiger partial charge in [0.15, 0.2) is 28.3 Å². The quantitative estimate of drug-likeness (QED) is 0.179. The van der Waals surface area contributed by atoms with Crippen LogP contribution in [0.5, 0.6) is 0 Å². The highest BCUT2D eigenvalue weighted by Gasteiger charge is 2.66. The van der Waals surface area contributed by atoms with Gasteiger partial charge in [-0.15, -0.1) is 0 Å². The first-order valence-electron chi connectivity index (χ1n) is 13.0. The van der Waals surface area contributed by atoms with E-state index >= 15 is 4.39 Å². The van der Waals surface area contributed by atoms with E-state index in [1.165, 1.54) is 21.8 Å². The van der Waals surface area contributed by atoms with Crippen LogP contribution in [0.15, 0.2) is 30.1 Å². The number of aliphatic hydroxyl groups is 1. The Balaban J connectivity index is 1.14. The molecule has 9 atom stereocenters. The predicted molar refractivity (Wildman–Crippen MR) is 141 cm³/mol. The molecule has 44 heavy (non-hydrogen) atoms. The fourth-order valence-corrected chi connectivity index (χ4v) is 7.42. The Morgan fingerprint density at radius 1 is 0.977 bits per heavy atom. The molecule has 2 aliphatic heterocycles. The minimum Gasteiger partial charge on any atom is -0.388 e. The number of phosphoric acid groups is 2. The van der Waals surface area contributed by atoms with E-state index in [2.05, 4.69) is 29.9 Å². The third-order valence-electron chi connectivity index (χ3n) is 7.63. The smallest absolute Gasteiger partial charge is 0.388 e. The van der Waals surface area contributed by atoms with Crippen LogP contribution in [0.25, 0.3) is 22.3 Å². The second kappa shape index (κ2) is 10.4. The van der Waals surface area contributed by atoms with E-state index in [9.17, 15) is 28.8 Å². The van der Waals surface area contributed by atoms with Crippen molar-refractivity contribution in [2.24, 2.45) is 0 Å². The Labute approximate surface area is 244 Å². The summed E-state index contributed by atoms with van der Waals surface area (Å²) in [7, 11) is -10.1. The van der Waals surface area contributed by atoms with Gasteiger partial charge in [-0.05, 0) is 0 Å². The molecule has 6 N–H and O–H groups in total. The number of imidazole rings is 2. The number of phosphoric ester groups is 2. The maximum absolute atomic E-state index is 16.3. The molecular formula is C21H24FN9O11P2. The number of hydrogen-bond donors (Lipinski definition) is 5. The van der Waals surface area contributed by atoms with Gasteiger partial charge in [0.1, 0.15) is 42.5 Å². The second-order valence-corrected chi connectivity index (χ2v) is 13.2.